The molecule has 0 N–H and O–H groups in total. The Bertz CT molecular complexity index is 561. The van der Waals surface area contributed by atoms with E-state index in [0.717, 1.165) is 0 Å². The van der Waals surface area contributed by atoms with Crippen LogP contribution in [0.5, 0.6) is 0 Å². The second-order valence-electron chi connectivity index (χ2n) is 6.60. The maximum absolute atomic E-state index is 12.3. The normalized spacial score (nSPS) is 19.2. The number of piperazine rings is 1. The summed E-state index contributed by atoms with van der Waals surface area (Å²) < 4.78 is 10.3. The van der Waals surface area contributed by atoms with Crippen LogP contribution in [0.1, 0.15) is 43.9 Å². The predicted octanol–water partition coefficient (Wildman–Crippen LogP) is 2.06. The second kappa shape index (κ2) is 5.98. The van der Waals surface area contributed by atoms with E-state index in [2.05, 4.69) is 5.16 Å². The molecular formula is C15H23N3O4. The van der Waals surface area contributed by atoms with Crippen molar-refractivity contribution in [2.24, 2.45) is 0 Å². The first-order chi connectivity index (χ1) is 10.2. The number of aryl methyl sites for hydroxylation is 1. The van der Waals surface area contributed by atoms with Gasteiger partial charge in [0.1, 0.15) is 11.4 Å². The van der Waals surface area contributed by atoms with Crippen LogP contribution in [0, 0.1) is 6.92 Å². The first-order valence-corrected chi connectivity index (χ1v) is 7.39. The van der Waals surface area contributed by atoms with Crippen molar-refractivity contribution in [3.05, 3.63) is 17.5 Å². The van der Waals surface area contributed by atoms with E-state index >= 15 is 0 Å². The van der Waals surface area contributed by atoms with E-state index in [1.807, 2.05) is 27.7 Å². The summed E-state index contributed by atoms with van der Waals surface area (Å²) in [5, 5.41) is 3.75. The molecule has 1 fully saturated rings. The molecule has 1 aliphatic rings. The Kier molecular flexibility index (Phi) is 4.44. The molecule has 1 aliphatic heterocycles. The third-order valence-corrected chi connectivity index (χ3v) is 3.39. The van der Waals surface area contributed by atoms with Gasteiger partial charge in [0.25, 0.3) is 5.91 Å². The Morgan fingerprint density at radius 2 is 2.05 bits per heavy atom. The molecule has 1 saturated heterocycles. The largest absolute Gasteiger partial charge is 0.444 e. The van der Waals surface area contributed by atoms with Crippen molar-refractivity contribution in [2.45, 2.75) is 46.3 Å². The molecule has 2 rings (SSSR count). The van der Waals surface area contributed by atoms with Crippen LogP contribution in [-0.2, 0) is 4.74 Å². The lowest BCUT2D eigenvalue weighted by molar-refractivity contribution is 0.00183. The zero-order chi connectivity index (χ0) is 16.5. The molecule has 0 spiro atoms. The van der Waals surface area contributed by atoms with E-state index < -0.39 is 5.60 Å². The Hall–Kier alpha value is -2.05. The minimum absolute atomic E-state index is 0.111. The maximum Gasteiger partial charge on any atom is 0.410 e. The van der Waals surface area contributed by atoms with Gasteiger partial charge in [-0.3, -0.25) is 4.79 Å². The Labute approximate surface area is 130 Å². The summed E-state index contributed by atoms with van der Waals surface area (Å²) in [6.45, 7) is 10.5. The summed E-state index contributed by atoms with van der Waals surface area (Å²) in [6.07, 6.45) is -0.343. The van der Waals surface area contributed by atoms with Crippen molar-refractivity contribution in [3.63, 3.8) is 0 Å². The molecule has 1 atom stereocenters. The number of ether oxygens (including phenoxy) is 1. The number of nitrogens with zero attached hydrogens (tertiary/aromatic N) is 3. The molecule has 7 nitrogen and oxygen atoms in total. The van der Waals surface area contributed by atoms with Crippen molar-refractivity contribution in [1.82, 2.24) is 15.0 Å². The Morgan fingerprint density at radius 1 is 1.36 bits per heavy atom. The lowest BCUT2D eigenvalue weighted by atomic mass is 10.1. The molecule has 22 heavy (non-hydrogen) atoms. The van der Waals surface area contributed by atoms with Crippen LogP contribution in [0.4, 0.5) is 4.79 Å². The lowest BCUT2D eigenvalue weighted by Crippen LogP contribution is -2.56. The zero-order valence-electron chi connectivity index (χ0n) is 13.8. The molecule has 1 aromatic heterocycles. The molecule has 0 bridgehead atoms. The average Bonchev–Trinajstić information content (AvgIpc) is 2.82. The van der Waals surface area contributed by atoms with Gasteiger partial charge in [-0.25, -0.2) is 4.79 Å². The minimum Gasteiger partial charge on any atom is -0.444 e. The monoisotopic (exact) mass is 309 g/mol. The summed E-state index contributed by atoms with van der Waals surface area (Å²) in [5.41, 5.74) is -0.224. The molecular weight excluding hydrogens is 286 g/mol. The van der Waals surface area contributed by atoms with E-state index in [1.165, 1.54) is 0 Å². The van der Waals surface area contributed by atoms with Crippen LogP contribution in [0.3, 0.4) is 0 Å². The Morgan fingerprint density at radius 3 is 2.55 bits per heavy atom. The third kappa shape index (κ3) is 3.78. The summed E-state index contributed by atoms with van der Waals surface area (Å²) in [7, 11) is 0. The number of rotatable bonds is 1. The second-order valence-corrected chi connectivity index (χ2v) is 6.60. The number of hydrogen-bond acceptors (Lipinski definition) is 5. The van der Waals surface area contributed by atoms with E-state index in [1.54, 1.807) is 22.8 Å². The van der Waals surface area contributed by atoms with E-state index in [4.69, 9.17) is 9.26 Å². The number of aromatic nitrogens is 1. The van der Waals surface area contributed by atoms with Crippen LogP contribution in [0.2, 0.25) is 0 Å². The summed E-state index contributed by atoms with van der Waals surface area (Å²) in [5.74, 6) is 0.427. The topological polar surface area (TPSA) is 75.9 Å². The third-order valence-electron chi connectivity index (χ3n) is 3.39. The van der Waals surface area contributed by atoms with Gasteiger partial charge in [-0.1, -0.05) is 5.16 Å². The maximum atomic E-state index is 12.3. The molecule has 0 unspecified atom stereocenters. The van der Waals surface area contributed by atoms with Gasteiger partial charge in [-0.05, 0) is 34.6 Å². The van der Waals surface area contributed by atoms with Gasteiger partial charge in [-0.15, -0.1) is 0 Å². The highest BCUT2D eigenvalue weighted by Crippen LogP contribution is 2.17. The summed E-state index contributed by atoms with van der Waals surface area (Å²) in [4.78, 5) is 27.8. The number of carbonyl (C=O) groups is 2. The molecule has 2 amide bonds. The quantitative estimate of drug-likeness (QED) is 0.793. The van der Waals surface area contributed by atoms with Gasteiger partial charge in [0.2, 0.25) is 0 Å². The molecule has 0 radical (unpaired) electrons. The van der Waals surface area contributed by atoms with E-state index in [-0.39, 0.29) is 18.0 Å². The van der Waals surface area contributed by atoms with Crippen LogP contribution < -0.4 is 0 Å². The highest BCUT2D eigenvalue weighted by Gasteiger charge is 2.33. The first-order valence-electron chi connectivity index (χ1n) is 7.39. The van der Waals surface area contributed by atoms with E-state index in [0.29, 0.717) is 31.1 Å². The van der Waals surface area contributed by atoms with Gasteiger partial charge in [0.15, 0.2) is 5.69 Å². The zero-order valence-corrected chi connectivity index (χ0v) is 13.8. The average molecular weight is 309 g/mol. The molecule has 2 heterocycles. The van der Waals surface area contributed by atoms with Crippen molar-refractivity contribution in [3.8, 4) is 0 Å². The van der Waals surface area contributed by atoms with E-state index in [9.17, 15) is 9.59 Å². The fraction of sp³-hybridized carbons (Fsp3) is 0.667. The number of carbonyl (C=O) groups excluding carboxylic acids is 2. The molecule has 0 saturated carbocycles. The lowest BCUT2D eigenvalue weighted by Gasteiger charge is -2.39. The van der Waals surface area contributed by atoms with Gasteiger partial charge in [0, 0.05) is 31.7 Å². The SMILES string of the molecule is Cc1cc(C(=O)N2CCN(C(=O)OC(C)(C)C)[C@@H](C)C2)no1. The molecule has 122 valence electrons. The van der Waals surface area contributed by atoms with Crippen LogP contribution in [-0.4, -0.2) is 58.2 Å². The predicted molar refractivity (Wildman–Crippen MR) is 79.5 cm³/mol. The molecule has 1 aromatic rings. The molecule has 0 aliphatic carbocycles. The Balaban J connectivity index is 1.98. The highest BCUT2D eigenvalue weighted by atomic mass is 16.6. The number of amides is 2. The van der Waals surface area contributed by atoms with Gasteiger partial charge in [-0.2, -0.15) is 0 Å². The van der Waals surface area contributed by atoms with Crippen molar-refractivity contribution in [1.29, 1.82) is 0 Å². The summed E-state index contributed by atoms with van der Waals surface area (Å²) >= 11 is 0. The van der Waals surface area contributed by atoms with Crippen LogP contribution in [0.25, 0.3) is 0 Å². The highest BCUT2D eigenvalue weighted by molar-refractivity contribution is 5.92. The van der Waals surface area contributed by atoms with Gasteiger partial charge in [0.05, 0.1) is 0 Å². The summed E-state index contributed by atoms with van der Waals surface area (Å²) in [6, 6.07) is 1.51. The van der Waals surface area contributed by atoms with Crippen LogP contribution in [0.15, 0.2) is 10.6 Å². The van der Waals surface area contributed by atoms with Gasteiger partial charge >= 0.3 is 6.09 Å². The van der Waals surface area contributed by atoms with Crippen molar-refractivity contribution < 1.29 is 18.8 Å². The van der Waals surface area contributed by atoms with Crippen molar-refractivity contribution >= 4 is 12.0 Å². The van der Waals surface area contributed by atoms with Crippen LogP contribution >= 0.6 is 0 Å². The standard InChI is InChI=1S/C15H23N3O4/c1-10-9-17(13(19)12-8-11(2)22-16-12)6-7-18(10)14(20)21-15(3,4)5/h8,10H,6-7,9H2,1-5H3/t10-/m0/s1. The van der Waals surface area contributed by atoms with Crippen molar-refractivity contribution in [2.75, 3.05) is 19.6 Å². The van der Waals surface area contributed by atoms with Gasteiger partial charge < -0.3 is 19.1 Å². The number of hydrogen-bond donors (Lipinski definition) is 0. The molecule has 0 aromatic carbocycles. The smallest absolute Gasteiger partial charge is 0.410 e. The molecule has 7 heteroatoms. The minimum atomic E-state index is -0.526. The fourth-order valence-corrected chi connectivity index (χ4v) is 2.36. The first kappa shape index (κ1) is 16.3. The fourth-order valence-electron chi connectivity index (χ4n) is 2.36.